The Morgan fingerprint density at radius 1 is 1.20 bits per heavy atom. The summed E-state index contributed by atoms with van der Waals surface area (Å²) >= 11 is 0. The minimum atomic E-state index is 0. The molecule has 2 aromatic rings. The molecule has 1 N–H and O–H groups in total. The van der Waals surface area contributed by atoms with Crippen molar-refractivity contribution >= 4 is 18.3 Å². The van der Waals surface area contributed by atoms with E-state index in [9.17, 15) is 4.79 Å². The number of ether oxygens (including phenoxy) is 2. The molecule has 1 unspecified atom stereocenters. The topological polar surface area (TPSA) is 71.9 Å². The number of amides is 1. The van der Waals surface area contributed by atoms with Crippen molar-refractivity contribution < 1.29 is 14.3 Å². The first-order valence-electron chi connectivity index (χ1n) is 10.0. The molecule has 0 aliphatic carbocycles. The van der Waals surface area contributed by atoms with E-state index >= 15 is 0 Å². The van der Waals surface area contributed by atoms with Crippen LogP contribution in [0.25, 0.3) is 0 Å². The zero-order valence-electron chi connectivity index (χ0n) is 17.8. The van der Waals surface area contributed by atoms with Crippen molar-refractivity contribution in [2.24, 2.45) is 7.05 Å². The average Bonchev–Trinajstić information content (AvgIpc) is 3.18. The van der Waals surface area contributed by atoms with Crippen LogP contribution in [-0.4, -0.2) is 72.2 Å². The Labute approximate surface area is 183 Å². The molecule has 1 aromatic carbocycles. The fourth-order valence-electron chi connectivity index (χ4n) is 4.26. The first-order chi connectivity index (χ1) is 14.1. The quantitative estimate of drug-likeness (QED) is 0.765. The predicted molar refractivity (Wildman–Crippen MR) is 116 cm³/mol. The second-order valence-corrected chi connectivity index (χ2v) is 7.63. The van der Waals surface area contributed by atoms with E-state index in [4.69, 9.17) is 9.47 Å². The number of carbonyl (C=O) groups excluding carboxylic acids is 1. The maximum Gasteiger partial charge on any atom is 0.237 e. The third-order valence-corrected chi connectivity index (χ3v) is 5.92. The molecule has 3 heterocycles. The fraction of sp³-hybridized carbons (Fsp3) is 0.524. The highest BCUT2D eigenvalue weighted by atomic mass is 35.5. The molecule has 2 aliphatic rings. The molecule has 0 radical (unpaired) electrons. The van der Waals surface area contributed by atoms with E-state index in [0.29, 0.717) is 18.8 Å². The molecule has 1 fully saturated rings. The Morgan fingerprint density at radius 2 is 1.93 bits per heavy atom. The molecule has 1 amide bonds. The largest absolute Gasteiger partial charge is 0.493 e. The summed E-state index contributed by atoms with van der Waals surface area (Å²) in [6.45, 7) is 4.25. The van der Waals surface area contributed by atoms with Gasteiger partial charge in [-0.1, -0.05) is 0 Å². The fourth-order valence-corrected chi connectivity index (χ4v) is 4.26. The standard InChI is InChI=1S/C21H29N5O3.ClH/c1-24-8-6-23-21(24)17-12-22-5-9-25(17)14-20(27)26-7-4-15-10-18(28-2)19(29-3)11-16(15)13-26;/h6,8,10-11,17,22H,4-5,7,9,12-14H2,1-3H3;1H. The number of halogens is 1. The number of fused-ring (bicyclic) bond motifs is 1. The van der Waals surface area contributed by atoms with Gasteiger partial charge in [-0.15, -0.1) is 12.4 Å². The highest BCUT2D eigenvalue weighted by Gasteiger charge is 2.30. The van der Waals surface area contributed by atoms with Gasteiger partial charge in [0, 0.05) is 52.2 Å². The molecule has 30 heavy (non-hydrogen) atoms. The van der Waals surface area contributed by atoms with Crippen LogP contribution in [0.4, 0.5) is 0 Å². The molecule has 9 heteroatoms. The minimum Gasteiger partial charge on any atom is -0.493 e. The molecule has 0 bridgehead atoms. The van der Waals surface area contributed by atoms with Gasteiger partial charge < -0.3 is 24.3 Å². The molecule has 1 saturated heterocycles. The van der Waals surface area contributed by atoms with Crippen LogP contribution < -0.4 is 14.8 Å². The Kier molecular flexibility index (Phi) is 7.23. The van der Waals surface area contributed by atoms with E-state index in [0.717, 1.165) is 49.7 Å². The van der Waals surface area contributed by atoms with Gasteiger partial charge in [0.15, 0.2) is 11.5 Å². The van der Waals surface area contributed by atoms with E-state index in [2.05, 4.69) is 15.2 Å². The van der Waals surface area contributed by atoms with Gasteiger partial charge in [0.2, 0.25) is 5.91 Å². The van der Waals surface area contributed by atoms with Gasteiger partial charge in [-0.05, 0) is 29.7 Å². The Balaban J connectivity index is 0.00000256. The van der Waals surface area contributed by atoms with Gasteiger partial charge in [0.25, 0.3) is 0 Å². The number of benzene rings is 1. The predicted octanol–water partition coefficient (Wildman–Crippen LogP) is 1.39. The lowest BCUT2D eigenvalue weighted by atomic mass is 9.98. The molecular formula is C21H30ClN5O3. The van der Waals surface area contributed by atoms with Gasteiger partial charge in [-0.2, -0.15) is 0 Å². The molecule has 1 atom stereocenters. The highest BCUT2D eigenvalue weighted by Crippen LogP contribution is 2.33. The summed E-state index contributed by atoms with van der Waals surface area (Å²) in [6, 6.07) is 4.13. The van der Waals surface area contributed by atoms with Crippen LogP contribution >= 0.6 is 12.4 Å². The number of rotatable bonds is 5. The summed E-state index contributed by atoms with van der Waals surface area (Å²) < 4.78 is 12.9. The average molecular weight is 436 g/mol. The number of hydrogen-bond acceptors (Lipinski definition) is 6. The second kappa shape index (κ2) is 9.68. The first kappa shape index (κ1) is 22.4. The van der Waals surface area contributed by atoms with Gasteiger partial charge in [-0.3, -0.25) is 9.69 Å². The van der Waals surface area contributed by atoms with Crippen LogP contribution in [0.2, 0.25) is 0 Å². The van der Waals surface area contributed by atoms with E-state index < -0.39 is 0 Å². The van der Waals surface area contributed by atoms with E-state index in [-0.39, 0.29) is 24.4 Å². The van der Waals surface area contributed by atoms with E-state index in [1.54, 1.807) is 14.2 Å². The Bertz CT molecular complexity index is 888. The van der Waals surface area contributed by atoms with Crippen LogP contribution in [0.3, 0.4) is 0 Å². The highest BCUT2D eigenvalue weighted by molar-refractivity contribution is 5.85. The lowest BCUT2D eigenvalue weighted by Crippen LogP contribution is -2.51. The molecular weight excluding hydrogens is 406 g/mol. The maximum absolute atomic E-state index is 13.1. The van der Waals surface area contributed by atoms with Gasteiger partial charge in [0.1, 0.15) is 5.82 Å². The number of carbonyl (C=O) groups is 1. The van der Waals surface area contributed by atoms with Crippen molar-refractivity contribution in [2.75, 3.05) is 46.9 Å². The summed E-state index contributed by atoms with van der Waals surface area (Å²) in [5.74, 6) is 2.60. The zero-order chi connectivity index (χ0) is 20.4. The second-order valence-electron chi connectivity index (χ2n) is 7.63. The van der Waals surface area contributed by atoms with Crippen molar-refractivity contribution in [1.29, 1.82) is 0 Å². The van der Waals surface area contributed by atoms with E-state index in [1.807, 2.05) is 41.0 Å². The lowest BCUT2D eigenvalue weighted by Gasteiger charge is -2.37. The zero-order valence-corrected chi connectivity index (χ0v) is 18.6. The van der Waals surface area contributed by atoms with Crippen LogP contribution in [0.5, 0.6) is 11.5 Å². The van der Waals surface area contributed by atoms with Crippen molar-refractivity contribution in [1.82, 2.24) is 24.7 Å². The van der Waals surface area contributed by atoms with Crippen LogP contribution in [0.1, 0.15) is 23.0 Å². The lowest BCUT2D eigenvalue weighted by molar-refractivity contribution is -0.134. The van der Waals surface area contributed by atoms with Crippen LogP contribution in [0, 0.1) is 0 Å². The number of imidazole rings is 1. The Hall–Kier alpha value is -2.29. The normalized spacial score (nSPS) is 19.0. The Morgan fingerprint density at radius 3 is 2.60 bits per heavy atom. The van der Waals surface area contributed by atoms with Crippen molar-refractivity contribution in [2.45, 2.75) is 19.0 Å². The summed E-state index contributed by atoms with van der Waals surface area (Å²) in [7, 11) is 5.28. The van der Waals surface area contributed by atoms with Crippen molar-refractivity contribution in [3.8, 4) is 11.5 Å². The number of hydrogen-bond donors (Lipinski definition) is 1. The summed E-state index contributed by atoms with van der Waals surface area (Å²) in [4.78, 5) is 21.8. The number of aromatic nitrogens is 2. The molecule has 0 spiro atoms. The molecule has 8 nitrogen and oxygen atoms in total. The summed E-state index contributed by atoms with van der Waals surface area (Å²) in [5, 5.41) is 3.42. The number of methoxy groups -OCH3 is 2. The minimum absolute atomic E-state index is 0. The number of nitrogens with one attached hydrogen (secondary N) is 1. The van der Waals surface area contributed by atoms with Gasteiger partial charge >= 0.3 is 0 Å². The van der Waals surface area contributed by atoms with Crippen LogP contribution in [-0.2, 0) is 24.8 Å². The SMILES string of the molecule is COc1cc2c(cc1OC)CN(C(=O)CN1CCNCC1c1nccn1C)CC2.Cl. The number of aryl methyl sites for hydroxylation is 1. The first-order valence-corrected chi connectivity index (χ1v) is 10.0. The summed E-state index contributed by atoms with van der Waals surface area (Å²) in [5.41, 5.74) is 2.35. The number of piperazine rings is 1. The van der Waals surface area contributed by atoms with Gasteiger partial charge in [0.05, 0.1) is 26.8 Å². The molecule has 164 valence electrons. The van der Waals surface area contributed by atoms with E-state index in [1.165, 1.54) is 5.56 Å². The molecule has 2 aliphatic heterocycles. The van der Waals surface area contributed by atoms with Crippen LogP contribution in [0.15, 0.2) is 24.5 Å². The molecule has 1 aromatic heterocycles. The summed E-state index contributed by atoms with van der Waals surface area (Å²) in [6.07, 6.45) is 4.59. The van der Waals surface area contributed by atoms with Crippen molar-refractivity contribution in [3.05, 3.63) is 41.5 Å². The maximum atomic E-state index is 13.1. The van der Waals surface area contributed by atoms with Gasteiger partial charge in [-0.25, -0.2) is 4.98 Å². The monoisotopic (exact) mass is 435 g/mol. The van der Waals surface area contributed by atoms with Crippen molar-refractivity contribution in [3.63, 3.8) is 0 Å². The third kappa shape index (κ3) is 4.40. The molecule has 4 rings (SSSR count). The third-order valence-electron chi connectivity index (χ3n) is 5.92. The number of nitrogens with zero attached hydrogens (tertiary/aromatic N) is 4. The smallest absolute Gasteiger partial charge is 0.237 e. The molecule has 0 saturated carbocycles.